The zero-order valence-corrected chi connectivity index (χ0v) is 17.7. The predicted octanol–water partition coefficient (Wildman–Crippen LogP) is 4.61. The monoisotopic (exact) mass is 399 g/mol. The first-order valence-electron chi connectivity index (χ1n) is 10.3. The van der Waals surface area contributed by atoms with Crippen LogP contribution in [0.25, 0.3) is 22.4 Å². The van der Waals surface area contributed by atoms with E-state index in [1.54, 1.807) is 4.90 Å². The van der Waals surface area contributed by atoms with E-state index in [4.69, 9.17) is 12.6 Å². The van der Waals surface area contributed by atoms with E-state index in [0.29, 0.717) is 6.54 Å². The number of ether oxygens (including phenoxy) is 1. The fourth-order valence-electron chi connectivity index (χ4n) is 3.76. The molecule has 0 bridgehead atoms. The van der Waals surface area contributed by atoms with Crippen LogP contribution in [0.1, 0.15) is 45.5 Å². The molecule has 1 saturated heterocycles. The van der Waals surface area contributed by atoms with E-state index < -0.39 is 5.60 Å². The van der Waals surface area contributed by atoms with Crippen LogP contribution in [0.5, 0.6) is 0 Å². The molecule has 0 aliphatic carbocycles. The van der Waals surface area contributed by atoms with Gasteiger partial charge in [-0.25, -0.2) is 9.78 Å². The molecule has 1 amide bonds. The molecule has 30 heavy (non-hydrogen) atoms. The highest BCUT2D eigenvalue weighted by Gasteiger charge is 2.34. The van der Waals surface area contributed by atoms with Gasteiger partial charge in [0, 0.05) is 6.54 Å². The van der Waals surface area contributed by atoms with Gasteiger partial charge in [-0.3, -0.25) is 4.90 Å². The minimum absolute atomic E-state index is 0.0809. The summed E-state index contributed by atoms with van der Waals surface area (Å²) >= 11 is 0. The Kier molecular flexibility index (Phi) is 5.41. The highest BCUT2D eigenvalue weighted by atomic mass is 16.6. The van der Waals surface area contributed by atoms with Gasteiger partial charge in [-0.05, 0) is 50.3 Å². The van der Waals surface area contributed by atoms with Crippen molar-refractivity contribution in [3.63, 3.8) is 0 Å². The number of aromatic amines is 1. The Morgan fingerprint density at radius 1 is 1.07 bits per heavy atom. The number of carbonyl (C=O) groups excluding carboxylic acids is 1. The number of rotatable bonds is 3. The number of imidazole rings is 1. The van der Waals surface area contributed by atoms with Gasteiger partial charge in [0.05, 0.1) is 17.9 Å². The maximum Gasteiger partial charge on any atom is 0.410 e. The molecule has 6 heteroatoms. The molecule has 2 aromatic carbocycles. The Labute approximate surface area is 178 Å². The summed E-state index contributed by atoms with van der Waals surface area (Å²) in [4.78, 5) is 22.3. The van der Waals surface area contributed by atoms with Crippen LogP contribution in [0.4, 0.5) is 4.79 Å². The molecule has 1 aliphatic rings. The van der Waals surface area contributed by atoms with Crippen molar-refractivity contribution in [2.24, 2.45) is 0 Å². The maximum absolute atomic E-state index is 12.6. The number of hydrogen-bond donors (Lipinski definition) is 1. The highest BCUT2D eigenvalue weighted by Crippen LogP contribution is 2.33. The minimum atomic E-state index is -0.509. The topological polar surface area (TPSA) is 58.2 Å². The van der Waals surface area contributed by atoms with Crippen molar-refractivity contribution >= 4 is 19.4 Å². The van der Waals surface area contributed by atoms with Gasteiger partial charge < -0.3 is 9.72 Å². The number of H-pyrrole nitrogens is 1. The molecule has 2 heterocycles. The summed E-state index contributed by atoms with van der Waals surface area (Å²) in [5, 5.41) is 0. The zero-order chi connectivity index (χ0) is 21.3. The van der Waals surface area contributed by atoms with Gasteiger partial charge >= 0.3 is 6.09 Å². The summed E-state index contributed by atoms with van der Waals surface area (Å²) in [5.41, 5.74) is 4.49. The number of likely N-dealkylation sites (tertiary alicyclic amines) is 1. The molecule has 0 unspecified atom stereocenters. The molecule has 1 fully saturated rings. The van der Waals surface area contributed by atoms with E-state index in [-0.39, 0.29) is 12.1 Å². The van der Waals surface area contributed by atoms with Crippen molar-refractivity contribution in [1.29, 1.82) is 0 Å². The lowest BCUT2D eigenvalue weighted by molar-refractivity contribution is 0.0219. The van der Waals surface area contributed by atoms with E-state index >= 15 is 0 Å². The van der Waals surface area contributed by atoms with Crippen LogP contribution >= 0.6 is 0 Å². The van der Waals surface area contributed by atoms with Gasteiger partial charge in [0.15, 0.2) is 0 Å². The van der Waals surface area contributed by atoms with Crippen molar-refractivity contribution in [2.75, 3.05) is 6.54 Å². The van der Waals surface area contributed by atoms with Gasteiger partial charge in [0.2, 0.25) is 0 Å². The molecule has 1 aromatic heterocycles. The lowest BCUT2D eigenvalue weighted by atomic mass is 9.93. The molecule has 1 aliphatic heterocycles. The molecule has 1 atom stereocenters. The second-order valence-corrected chi connectivity index (χ2v) is 8.71. The summed E-state index contributed by atoms with van der Waals surface area (Å²) in [6.07, 6.45) is 3.37. The fourth-order valence-corrected chi connectivity index (χ4v) is 3.76. The first-order chi connectivity index (χ1) is 14.3. The van der Waals surface area contributed by atoms with Crippen molar-refractivity contribution in [3.8, 4) is 22.4 Å². The lowest BCUT2D eigenvalue weighted by Crippen LogP contribution is -2.36. The molecule has 152 valence electrons. The molecule has 4 rings (SSSR count). The summed E-state index contributed by atoms with van der Waals surface area (Å²) in [6.45, 7) is 6.34. The Hall–Kier alpha value is -3.02. The molecule has 0 spiro atoms. The van der Waals surface area contributed by atoms with Crippen LogP contribution in [-0.4, -0.2) is 41.0 Å². The molecule has 1 N–H and O–H groups in total. The van der Waals surface area contributed by atoms with Gasteiger partial charge in [0.1, 0.15) is 19.3 Å². The second kappa shape index (κ2) is 8.02. The predicted molar refractivity (Wildman–Crippen MR) is 120 cm³/mol. The molecular formula is C24H26BN3O2. The average Bonchev–Trinajstić information content (AvgIpc) is 3.37. The zero-order valence-electron chi connectivity index (χ0n) is 17.7. The number of carbonyl (C=O) groups is 1. The number of benzene rings is 2. The van der Waals surface area contributed by atoms with Gasteiger partial charge in [-0.2, -0.15) is 0 Å². The molecule has 3 aromatic rings. The van der Waals surface area contributed by atoms with Crippen LogP contribution in [-0.2, 0) is 4.74 Å². The smallest absolute Gasteiger partial charge is 0.410 e. The van der Waals surface area contributed by atoms with E-state index in [2.05, 4.69) is 34.2 Å². The SMILES string of the molecule is [B]c1ccc(-c2ccc(-c3cnc([C@@H]4CCCN4C(=O)OC(C)(C)C)[nH]3)cc2)cc1. The molecule has 5 nitrogen and oxygen atoms in total. The lowest BCUT2D eigenvalue weighted by Gasteiger charge is -2.27. The molecule has 2 radical (unpaired) electrons. The Morgan fingerprint density at radius 2 is 1.67 bits per heavy atom. The Morgan fingerprint density at radius 3 is 2.30 bits per heavy atom. The van der Waals surface area contributed by atoms with Gasteiger partial charge in [-0.15, -0.1) is 0 Å². The van der Waals surface area contributed by atoms with Crippen LogP contribution in [0.2, 0.25) is 0 Å². The summed E-state index contributed by atoms with van der Waals surface area (Å²) < 4.78 is 5.56. The largest absolute Gasteiger partial charge is 0.444 e. The average molecular weight is 399 g/mol. The first-order valence-corrected chi connectivity index (χ1v) is 10.3. The number of aromatic nitrogens is 2. The van der Waals surface area contributed by atoms with E-state index in [9.17, 15) is 4.79 Å². The third-order valence-corrected chi connectivity index (χ3v) is 5.23. The van der Waals surface area contributed by atoms with Crippen LogP contribution < -0.4 is 5.46 Å². The van der Waals surface area contributed by atoms with Crippen LogP contribution in [0.3, 0.4) is 0 Å². The fraction of sp³-hybridized carbons (Fsp3) is 0.333. The summed E-state index contributed by atoms with van der Waals surface area (Å²) in [7, 11) is 5.77. The number of amides is 1. The number of hydrogen-bond acceptors (Lipinski definition) is 3. The standard InChI is InChI=1S/C24H26BN3O2/c1-24(2,3)30-23(29)28-14-4-5-21(28)22-26-15-20(27-22)18-8-6-16(7-9-18)17-10-12-19(25)13-11-17/h6-13,15,21H,4-5,14H2,1-3H3,(H,26,27)/t21-/m0/s1. The third-order valence-electron chi connectivity index (χ3n) is 5.23. The number of nitrogens with zero attached hydrogens (tertiary/aromatic N) is 2. The Bertz CT molecular complexity index is 1020. The van der Waals surface area contributed by atoms with Gasteiger partial charge in [0.25, 0.3) is 0 Å². The van der Waals surface area contributed by atoms with E-state index in [0.717, 1.165) is 46.5 Å². The summed E-state index contributed by atoms with van der Waals surface area (Å²) in [6, 6.07) is 16.1. The highest BCUT2D eigenvalue weighted by molar-refractivity contribution is 6.32. The molecule has 0 saturated carbocycles. The maximum atomic E-state index is 12.6. The number of nitrogens with one attached hydrogen (secondary N) is 1. The van der Waals surface area contributed by atoms with Gasteiger partial charge in [-0.1, -0.05) is 54.0 Å². The quantitative estimate of drug-likeness (QED) is 0.655. The van der Waals surface area contributed by atoms with Crippen molar-refractivity contribution < 1.29 is 9.53 Å². The van der Waals surface area contributed by atoms with E-state index in [1.807, 2.05) is 51.2 Å². The summed E-state index contributed by atoms with van der Waals surface area (Å²) in [5.74, 6) is 0.802. The normalized spacial score (nSPS) is 16.6. The van der Waals surface area contributed by atoms with Crippen LogP contribution in [0.15, 0.2) is 54.7 Å². The van der Waals surface area contributed by atoms with E-state index in [1.165, 1.54) is 0 Å². The molecular weight excluding hydrogens is 373 g/mol. The minimum Gasteiger partial charge on any atom is -0.444 e. The second-order valence-electron chi connectivity index (χ2n) is 8.71. The third kappa shape index (κ3) is 4.43. The Balaban J connectivity index is 1.51. The van der Waals surface area contributed by atoms with Crippen molar-refractivity contribution in [3.05, 3.63) is 60.6 Å². The van der Waals surface area contributed by atoms with Crippen molar-refractivity contribution in [2.45, 2.75) is 45.3 Å². The van der Waals surface area contributed by atoms with Crippen molar-refractivity contribution in [1.82, 2.24) is 14.9 Å². The first kappa shape index (κ1) is 20.3. The van der Waals surface area contributed by atoms with Crippen LogP contribution in [0, 0.1) is 0 Å².